The zero-order valence-electron chi connectivity index (χ0n) is 14.5. The van der Waals surface area contributed by atoms with Crippen molar-refractivity contribution in [1.82, 2.24) is 9.97 Å². The molecule has 24 heavy (non-hydrogen) atoms. The Balaban J connectivity index is 1.81. The number of nitrogens with zero attached hydrogens (tertiary/aromatic N) is 3. The highest BCUT2D eigenvalue weighted by Gasteiger charge is 2.20. The number of aromatic nitrogens is 2. The average molecular weight is 324 g/mol. The number of carbonyl (C=O) groups excluding carboxylic acids is 1. The van der Waals surface area contributed by atoms with E-state index < -0.39 is 0 Å². The molecule has 1 aromatic heterocycles. The van der Waals surface area contributed by atoms with Gasteiger partial charge in [0.05, 0.1) is 0 Å². The molecule has 0 bridgehead atoms. The molecule has 3 rings (SSSR count). The van der Waals surface area contributed by atoms with Crippen molar-refractivity contribution in [1.29, 1.82) is 0 Å². The summed E-state index contributed by atoms with van der Waals surface area (Å²) in [4.78, 5) is 23.7. The third kappa shape index (κ3) is 3.91. The topological polar surface area (TPSA) is 58.1 Å². The van der Waals surface area contributed by atoms with E-state index in [0.717, 1.165) is 36.6 Å². The molecule has 1 saturated heterocycles. The molecule has 0 saturated carbocycles. The highest BCUT2D eigenvalue weighted by molar-refractivity contribution is 6.03. The predicted octanol–water partition coefficient (Wildman–Crippen LogP) is 3.58. The lowest BCUT2D eigenvalue weighted by Gasteiger charge is -2.32. The lowest BCUT2D eigenvalue weighted by molar-refractivity contribution is 0.102. The van der Waals surface area contributed by atoms with Gasteiger partial charge < -0.3 is 10.2 Å². The van der Waals surface area contributed by atoms with Gasteiger partial charge >= 0.3 is 0 Å². The summed E-state index contributed by atoms with van der Waals surface area (Å²) in [6, 6.07) is 9.55. The van der Waals surface area contributed by atoms with Crippen molar-refractivity contribution in [3.63, 3.8) is 0 Å². The lowest BCUT2D eigenvalue weighted by atomic mass is 10.0. The first-order chi connectivity index (χ1) is 11.5. The van der Waals surface area contributed by atoms with E-state index in [4.69, 9.17) is 0 Å². The largest absolute Gasteiger partial charge is 0.356 e. The van der Waals surface area contributed by atoms with Crippen molar-refractivity contribution in [3.8, 4) is 0 Å². The van der Waals surface area contributed by atoms with E-state index in [-0.39, 0.29) is 5.91 Å². The maximum atomic E-state index is 12.6. The van der Waals surface area contributed by atoms with E-state index in [1.165, 1.54) is 6.42 Å². The van der Waals surface area contributed by atoms with Crippen molar-refractivity contribution in [3.05, 3.63) is 47.4 Å². The SMILES string of the molecule is Cc1cccc(NC(=O)c2cc(N3CCCC(C)C3)nc(C)n2)c1. The van der Waals surface area contributed by atoms with Gasteiger partial charge in [-0.15, -0.1) is 0 Å². The first-order valence-corrected chi connectivity index (χ1v) is 8.50. The highest BCUT2D eigenvalue weighted by Crippen LogP contribution is 2.22. The fourth-order valence-corrected chi connectivity index (χ4v) is 3.15. The van der Waals surface area contributed by atoms with Crippen LogP contribution in [0.4, 0.5) is 11.5 Å². The molecular weight excluding hydrogens is 300 g/mol. The third-order valence-electron chi connectivity index (χ3n) is 4.31. The molecule has 1 amide bonds. The summed E-state index contributed by atoms with van der Waals surface area (Å²) in [5.41, 5.74) is 2.30. The number of rotatable bonds is 3. The first kappa shape index (κ1) is 16.4. The second-order valence-electron chi connectivity index (χ2n) is 6.68. The minimum absolute atomic E-state index is 0.197. The second kappa shape index (κ2) is 6.99. The van der Waals surface area contributed by atoms with Crippen LogP contribution in [0.5, 0.6) is 0 Å². The van der Waals surface area contributed by atoms with E-state index >= 15 is 0 Å². The van der Waals surface area contributed by atoms with Gasteiger partial charge in [-0.2, -0.15) is 0 Å². The molecule has 1 N–H and O–H groups in total. The Morgan fingerprint density at radius 2 is 2.08 bits per heavy atom. The molecule has 0 radical (unpaired) electrons. The number of hydrogen-bond donors (Lipinski definition) is 1. The maximum Gasteiger partial charge on any atom is 0.274 e. The van der Waals surface area contributed by atoms with Crippen LogP contribution in [-0.2, 0) is 0 Å². The van der Waals surface area contributed by atoms with E-state index in [1.807, 2.05) is 38.1 Å². The lowest BCUT2D eigenvalue weighted by Crippen LogP contribution is -2.35. The summed E-state index contributed by atoms with van der Waals surface area (Å²) in [6.07, 6.45) is 2.41. The Bertz CT molecular complexity index is 744. The van der Waals surface area contributed by atoms with Crippen LogP contribution in [0.25, 0.3) is 0 Å². The van der Waals surface area contributed by atoms with Crippen molar-refractivity contribution >= 4 is 17.4 Å². The molecule has 1 fully saturated rings. The molecule has 1 aromatic carbocycles. The summed E-state index contributed by atoms with van der Waals surface area (Å²) in [5.74, 6) is 1.93. The monoisotopic (exact) mass is 324 g/mol. The van der Waals surface area contributed by atoms with Gasteiger partial charge in [-0.05, 0) is 50.3 Å². The molecular formula is C19H24N4O. The Hall–Kier alpha value is -2.43. The van der Waals surface area contributed by atoms with Crippen LogP contribution in [-0.4, -0.2) is 29.0 Å². The van der Waals surface area contributed by atoms with E-state index in [9.17, 15) is 4.79 Å². The quantitative estimate of drug-likeness (QED) is 0.937. The van der Waals surface area contributed by atoms with Gasteiger partial charge in [0.2, 0.25) is 0 Å². The van der Waals surface area contributed by atoms with Gasteiger partial charge in [0.1, 0.15) is 17.3 Å². The van der Waals surface area contributed by atoms with Crippen molar-refractivity contribution in [2.45, 2.75) is 33.6 Å². The molecule has 2 heterocycles. The van der Waals surface area contributed by atoms with Crippen LogP contribution in [0.15, 0.2) is 30.3 Å². The summed E-state index contributed by atoms with van der Waals surface area (Å²) >= 11 is 0. The molecule has 1 aliphatic heterocycles. The van der Waals surface area contributed by atoms with Gasteiger partial charge in [-0.25, -0.2) is 9.97 Å². The van der Waals surface area contributed by atoms with Gasteiger partial charge in [-0.3, -0.25) is 4.79 Å². The van der Waals surface area contributed by atoms with E-state index in [2.05, 4.69) is 27.1 Å². The molecule has 5 nitrogen and oxygen atoms in total. The molecule has 126 valence electrons. The number of aryl methyl sites for hydroxylation is 2. The molecule has 0 aliphatic carbocycles. The van der Waals surface area contributed by atoms with Gasteiger partial charge in [0.25, 0.3) is 5.91 Å². The van der Waals surface area contributed by atoms with E-state index in [1.54, 1.807) is 6.07 Å². The van der Waals surface area contributed by atoms with Crippen LogP contribution in [0.3, 0.4) is 0 Å². The number of hydrogen-bond acceptors (Lipinski definition) is 4. The number of benzene rings is 1. The normalized spacial score (nSPS) is 17.6. The van der Waals surface area contributed by atoms with Crippen LogP contribution >= 0.6 is 0 Å². The summed E-state index contributed by atoms with van der Waals surface area (Å²) in [7, 11) is 0. The zero-order valence-corrected chi connectivity index (χ0v) is 14.5. The number of carbonyl (C=O) groups is 1. The average Bonchev–Trinajstić information content (AvgIpc) is 2.54. The summed E-state index contributed by atoms with van der Waals surface area (Å²) in [6.45, 7) is 8.06. The minimum atomic E-state index is -0.197. The molecule has 0 spiro atoms. The highest BCUT2D eigenvalue weighted by atomic mass is 16.1. The maximum absolute atomic E-state index is 12.6. The molecule has 1 aliphatic rings. The Kier molecular flexibility index (Phi) is 4.79. The van der Waals surface area contributed by atoms with Crippen molar-refractivity contribution in [2.24, 2.45) is 5.92 Å². The molecule has 2 aromatic rings. The Morgan fingerprint density at radius 3 is 2.83 bits per heavy atom. The van der Waals surface area contributed by atoms with E-state index in [0.29, 0.717) is 17.4 Å². The number of anilines is 2. The van der Waals surface area contributed by atoms with Crippen LogP contribution in [0.2, 0.25) is 0 Å². The van der Waals surface area contributed by atoms with Gasteiger partial charge in [0, 0.05) is 24.8 Å². The van der Waals surface area contributed by atoms with Crippen LogP contribution < -0.4 is 10.2 Å². The smallest absolute Gasteiger partial charge is 0.274 e. The fraction of sp³-hybridized carbons (Fsp3) is 0.421. The molecule has 1 atom stereocenters. The second-order valence-corrected chi connectivity index (χ2v) is 6.68. The number of amides is 1. The summed E-state index contributed by atoms with van der Waals surface area (Å²) < 4.78 is 0. The summed E-state index contributed by atoms with van der Waals surface area (Å²) in [5, 5.41) is 2.92. The zero-order chi connectivity index (χ0) is 17.1. The number of piperidine rings is 1. The Morgan fingerprint density at radius 1 is 1.25 bits per heavy atom. The number of nitrogens with one attached hydrogen (secondary N) is 1. The van der Waals surface area contributed by atoms with Crippen molar-refractivity contribution < 1.29 is 4.79 Å². The predicted molar refractivity (Wildman–Crippen MR) is 96.5 cm³/mol. The van der Waals surface area contributed by atoms with Gasteiger partial charge in [-0.1, -0.05) is 19.1 Å². The van der Waals surface area contributed by atoms with Gasteiger partial charge in [0.15, 0.2) is 0 Å². The third-order valence-corrected chi connectivity index (χ3v) is 4.31. The van der Waals surface area contributed by atoms with Crippen molar-refractivity contribution in [2.75, 3.05) is 23.3 Å². The molecule has 1 unspecified atom stereocenters. The standard InChI is InChI=1S/C19H24N4O/c1-13-6-4-8-16(10-13)22-19(24)17-11-18(21-15(3)20-17)23-9-5-7-14(2)12-23/h4,6,8,10-11,14H,5,7,9,12H2,1-3H3,(H,22,24). The van der Waals surface area contributed by atoms with Crippen LogP contribution in [0.1, 0.15) is 41.6 Å². The first-order valence-electron chi connectivity index (χ1n) is 8.50. The van der Waals surface area contributed by atoms with Crippen LogP contribution in [0, 0.1) is 19.8 Å². The minimum Gasteiger partial charge on any atom is -0.356 e. The Labute approximate surface area is 143 Å². The fourth-order valence-electron chi connectivity index (χ4n) is 3.15. The molecule has 5 heteroatoms.